The van der Waals surface area contributed by atoms with Gasteiger partial charge in [0, 0.05) is 11.1 Å². The van der Waals surface area contributed by atoms with E-state index in [1.807, 2.05) is 0 Å². The molecule has 8 heteroatoms. The Kier molecular flexibility index (Phi) is 4.31. The Morgan fingerprint density at radius 2 is 2.00 bits per heavy atom. The van der Waals surface area contributed by atoms with Gasteiger partial charge in [0.25, 0.3) is 5.91 Å². The van der Waals surface area contributed by atoms with Crippen LogP contribution in [0.5, 0.6) is 0 Å². The molecule has 0 radical (unpaired) electrons. The van der Waals surface area contributed by atoms with Gasteiger partial charge in [-0.15, -0.1) is 0 Å². The molecule has 100 valence electrons. The minimum Gasteiger partial charge on any atom is -0.350 e. The number of rotatable bonds is 3. The fourth-order valence-electron chi connectivity index (χ4n) is 1.28. The van der Waals surface area contributed by atoms with Gasteiger partial charge in [-0.1, -0.05) is 11.6 Å². The zero-order valence-electron chi connectivity index (χ0n) is 9.70. The number of nitrogens with two attached hydrogens (primary N) is 1. The van der Waals surface area contributed by atoms with Crippen molar-refractivity contribution in [3.63, 3.8) is 0 Å². The van der Waals surface area contributed by atoms with Crippen LogP contribution in [0.2, 0.25) is 5.02 Å². The van der Waals surface area contributed by atoms with E-state index < -0.39 is 32.2 Å². The van der Waals surface area contributed by atoms with Gasteiger partial charge >= 0.3 is 0 Å². The zero-order valence-corrected chi connectivity index (χ0v) is 11.3. The molecule has 0 bridgehead atoms. The van der Waals surface area contributed by atoms with Gasteiger partial charge in [0.15, 0.2) is 5.82 Å². The van der Waals surface area contributed by atoms with Crippen LogP contribution in [-0.2, 0) is 10.0 Å². The van der Waals surface area contributed by atoms with Crippen LogP contribution >= 0.6 is 11.6 Å². The van der Waals surface area contributed by atoms with Gasteiger partial charge in [-0.05, 0) is 26.0 Å². The molecule has 0 spiro atoms. The van der Waals surface area contributed by atoms with Gasteiger partial charge in [-0.3, -0.25) is 4.79 Å². The smallest absolute Gasteiger partial charge is 0.254 e. The van der Waals surface area contributed by atoms with Crippen LogP contribution in [-0.4, -0.2) is 20.4 Å². The molecule has 0 saturated carbocycles. The van der Waals surface area contributed by atoms with Crippen molar-refractivity contribution >= 4 is 27.5 Å². The van der Waals surface area contributed by atoms with E-state index in [1.165, 1.54) is 0 Å². The second-order valence-corrected chi connectivity index (χ2v) is 5.90. The van der Waals surface area contributed by atoms with E-state index in [-0.39, 0.29) is 11.1 Å². The molecule has 0 aliphatic heterocycles. The standard InChI is InChI=1S/C10H12ClFN2O3S/c1-5(2)14-10(15)7-3-6(11)4-8(9(7)12)18(13,16)17/h3-5H,1-2H3,(H,14,15)(H2,13,16,17). The van der Waals surface area contributed by atoms with E-state index in [0.29, 0.717) is 0 Å². The average molecular weight is 295 g/mol. The molecule has 0 atom stereocenters. The van der Waals surface area contributed by atoms with Crippen molar-refractivity contribution in [2.45, 2.75) is 24.8 Å². The minimum atomic E-state index is -4.28. The van der Waals surface area contributed by atoms with Crippen LogP contribution < -0.4 is 10.5 Å². The number of hydrogen-bond acceptors (Lipinski definition) is 3. The van der Waals surface area contributed by atoms with Gasteiger partial charge in [0.1, 0.15) is 4.90 Å². The summed E-state index contributed by atoms with van der Waals surface area (Å²) < 4.78 is 36.2. The molecule has 0 heterocycles. The summed E-state index contributed by atoms with van der Waals surface area (Å²) in [5.41, 5.74) is -0.458. The highest BCUT2D eigenvalue weighted by Gasteiger charge is 2.22. The number of halogens is 2. The lowest BCUT2D eigenvalue weighted by molar-refractivity contribution is 0.0938. The molecule has 0 aromatic heterocycles. The summed E-state index contributed by atoms with van der Waals surface area (Å²) >= 11 is 5.64. The SMILES string of the molecule is CC(C)NC(=O)c1cc(Cl)cc(S(N)(=O)=O)c1F. The van der Waals surface area contributed by atoms with Crippen LogP contribution in [0.1, 0.15) is 24.2 Å². The Hall–Kier alpha value is -1.18. The van der Waals surface area contributed by atoms with Gasteiger partial charge in [0.05, 0.1) is 5.56 Å². The molecule has 0 unspecified atom stereocenters. The minimum absolute atomic E-state index is 0.0886. The number of hydrogen-bond donors (Lipinski definition) is 2. The number of sulfonamides is 1. The number of amides is 1. The number of nitrogens with one attached hydrogen (secondary N) is 1. The Bertz CT molecular complexity index is 587. The number of carbonyl (C=O) groups is 1. The number of primary sulfonamides is 1. The normalized spacial score (nSPS) is 11.7. The zero-order chi connectivity index (χ0) is 14.1. The lowest BCUT2D eigenvalue weighted by Crippen LogP contribution is -2.31. The summed E-state index contributed by atoms with van der Waals surface area (Å²) in [6, 6.07) is 1.68. The molecule has 0 fully saturated rings. The largest absolute Gasteiger partial charge is 0.350 e. The van der Waals surface area contributed by atoms with E-state index >= 15 is 0 Å². The van der Waals surface area contributed by atoms with Gasteiger partial charge in [-0.2, -0.15) is 0 Å². The summed E-state index contributed by atoms with van der Waals surface area (Å²) in [5, 5.41) is 7.18. The van der Waals surface area contributed by atoms with Crippen molar-refractivity contribution in [1.82, 2.24) is 5.32 Å². The number of carbonyl (C=O) groups excluding carboxylic acids is 1. The van der Waals surface area contributed by atoms with E-state index in [2.05, 4.69) is 5.32 Å². The molecule has 5 nitrogen and oxygen atoms in total. The fraction of sp³-hybridized carbons (Fsp3) is 0.300. The maximum atomic E-state index is 13.9. The predicted octanol–water partition coefficient (Wildman–Crippen LogP) is 1.26. The summed E-state index contributed by atoms with van der Waals surface area (Å²) in [4.78, 5) is 10.9. The molecule has 1 amide bonds. The second-order valence-electron chi connectivity index (χ2n) is 3.94. The molecule has 18 heavy (non-hydrogen) atoms. The summed E-state index contributed by atoms with van der Waals surface area (Å²) in [5.74, 6) is -1.96. The van der Waals surface area contributed by atoms with Crippen LogP contribution in [0, 0.1) is 5.82 Å². The van der Waals surface area contributed by atoms with E-state index in [1.54, 1.807) is 13.8 Å². The monoisotopic (exact) mass is 294 g/mol. The van der Waals surface area contributed by atoms with Gasteiger partial charge in [0.2, 0.25) is 10.0 Å². The molecule has 1 aromatic carbocycles. The Morgan fingerprint density at radius 3 is 2.44 bits per heavy atom. The van der Waals surface area contributed by atoms with Crippen molar-refractivity contribution in [1.29, 1.82) is 0 Å². The molecule has 1 aromatic rings. The first-order valence-electron chi connectivity index (χ1n) is 4.95. The van der Waals surface area contributed by atoms with Crippen molar-refractivity contribution < 1.29 is 17.6 Å². The van der Waals surface area contributed by atoms with E-state index in [4.69, 9.17) is 16.7 Å². The highest BCUT2D eigenvalue weighted by atomic mass is 35.5. The molecule has 0 aliphatic carbocycles. The maximum absolute atomic E-state index is 13.9. The summed E-state index contributed by atoms with van der Waals surface area (Å²) in [6.45, 7) is 3.36. The Balaban J connectivity index is 3.39. The average Bonchev–Trinajstić information content (AvgIpc) is 2.18. The van der Waals surface area contributed by atoms with E-state index in [0.717, 1.165) is 12.1 Å². The number of benzene rings is 1. The first-order valence-corrected chi connectivity index (χ1v) is 6.88. The third kappa shape index (κ3) is 3.41. The molecule has 0 saturated heterocycles. The second kappa shape index (κ2) is 5.21. The first kappa shape index (κ1) is 14.9. The molecule has 0 aliphatic rings. The third-order valence-electron chi connectivity index (χ3n) is 1.97. The summed E-state index contributed by atoms with van der Waals surface area (Å²) in [7, 11) is -4.28. The van der Waals surface area contributed by atoms with Crippen molar-refractivity contribution in [3.05, 3.63) is 28.5 Å². The maximum Gasteiger partial charge on any atom is 0.254 e. The predicted molar refractivity (Wildman–Crippen MR) is 65.4 cm³/mol. The third-order valence-corrected chi connectivity index (χ3v) is 3.10. The fourth-order valence-corrected chi connectivity index (χ4v) is 2.21. The lowest BCUT2D eigenvalue weighted by Gasteiger charge is -2.11. The molecular weight excluding hydrogens is 283 g/mol. The van der Waals surface area contributed by atoms with Crippen LogP contribution in [0.25, 0.3) is 0 Å². The van der Waals surface area contributed by atoms with E-state index in [9.17, 15) is 17.6 Å². The lowest BCUT2D eigenvalue weighted by atomic mass is 10.2. The van der Waals surface area contributed by atoms with Crippen molar-refractivity contribution in [3.8, 4) is 0 Å². The quantitative estimate of drug-likeness (QED) is 0.879. The van der Waals surface area contributed by atoms with Gasteiger partial charge < -0.3 is 5.32 Å². The van der Waals surface area contributed by atoms with Crippen molar-refractivity contribution in [2.24, 2.45) is 5.14 Å². The Morgan fingerprint density at radius 1 is 1.44 bits per heavy atom. The topological polar surface area (TPSA) is 89.3 Å². The van der Waals surface area contributed by atoms with Crippen molar-refractivity contribution in [2.75, 3.05) is 0 Å². The highest BCUT2D eigenvalue weighted by Crippen LogP contribution is 2.23. The molecule has 3 N–H and O–H groups in total. The first-order chi connectivity index (χ1) is 8.12. The highest BCUT2D eigenvalue weighted by molar-refractivity contribution is 7.89. The van der Waals surface area contributed by atoms with Gasteiger partial charge in [-0.25, -0.2) is 17.9 Å². The van der Waals surface area contributed by atoms with Crippen LogP contribution in [0.4, 0.5) is 4.39 Å². The Labute approximate surface area is 109 Å². The molecule has 1 rings (SSSR count). The summed E-state index contributed by atoms with van der Waals surface area (Å²) in [6.07, 6.45) is 0. The molecular formula is C10H12ClFN2O3S. The van der Waals surface area contributed by atoms with Crippen LogP contribution in [0.3, 0.4) is 0 Å². The van der Waals surface area contributed by atoms with Crippen LogP contribution in [0.15, 0.2) is 17.0 Å².